The van der Waals surface area contributed by atoms with E-state index in [0.717, 1.165) is 67.8 Å². The maximum Gasteiger partial charge on any atom is 0.256 e. The molecule has 4 aromatic rings. The first-order valence-corrected chi connectivity index (χ1v) is 13.3. The Morgan fingerprint density at radius 2 is 1.84 bits per heavy atom. The van der Waals surface area contributed by atoms with Gasteiger partial charge in [-0.2, -0.15) is 0 Å². The van der Waals surface area contributed by atoms with Crippen molar-refractivity contribution < 1.29 is 9.18 Å². The number of pyridine rings is 1. The fourth-order valence-corrected chi connectivity index (χ4v) is 5.48. The summed E-state index contributed by atoms with van der Waals surface area (Å²) in [5.74, 6) is 0.358. The normalized spacial score (nSPS) is 16.5. The summed E-state index contributed by atoms with van der Waals surface area (Å²) in [6, 6.07) is 18.2. The van der Waals surface area contributed by atoms with Crippen molar-refractivity contribution in [2.75, 3.05) is 63.2 Å². The first-order valence-electron chi connectivity index (χ1n) is 13.3. The summed E-state index contributed by atoms with van der Waals surface area (Å²) in [7, 11) is 2.13. The highest BCUT2D eigenvalue weighted by molar-refractivity contribution is 6.05. The van der Waals surface area contributed by atoms with E-state index >= 15 is 0 Å². The Kier molecular flexibility index (Phi) is 6.82. The van der Waals surface area contributed by atoms with Crippen LogP contribution in [0.15, 0.2) is 67.0 Å². The molecule has 0 saturated carbocycles. The van der Waals surface area contributed by atoms with Gasteiger partial charge in [-0.3, -0.25) is 9.69 Å². The second-order valence-corrected chi connectivity index (χ2v) is 10.3. The molecule has 196 valence electrons. The number of alkyl halides is 1. The zero-order chi connectivity index (χ0) is 26.1. The molecule has 38 heavy (non-hydrogen) atoms. The van der Waals surface area contributed by atoms with Crippen molar-refractivity contribution in [1.29, 1.82) is 0 Å². The van der Waals surface area contributed by atoms with Gasteiger partial charge in [-0.15, -0.1) is 0 Å². The predicted molar refractivity (Wildman–Crippen MR) is 151 cm³/mol. The molecule has 2 aliphatic heterocycles. The van der Waals surface area contributed by atoms with Crippen molar-refractivity contribution >= 4 is 28.2 Å². The van der Waals surface area contributed by atoms with Gasteiger partial charge in [-0.1, -0.05) is 18.2 Å². The molecular weight excluding hydrogens is 479 g/mol. The van der Waals surface area contributed by atoms with Gasteiger partial charge in [0.05, 0.1) is 0 Å². The van der Waals surface area contributed by atoms with Crippen molar-refractivity contribution in [3.05, 3.63) is 78.2 Å². The Hall–Kier alpha value is -3.75. The SMILES string of the molecule is CN1CCN(c2cccc(C(=O)Nc3cc4cc(-c5ccn6c5CN(CCF)CC6)ccc4cn3)c2)CC1. The highest BCUT2D eigenvalue weighted by Gasteiger charge is 2.20. The van der Waals surface area contributed by atoms with Crippen LogP contribution in [-0.2, 0) is 13.1 Å². The number of piperazine rings is 1. The summed E-state index contributed by atoms with van der Waals surface area (Å²) in [5.41, 5.74) is 5.18. The lowest BCUT2D eigenvalue weighted by molar-refractivity contribution is 0.102. The number of anilines is 2. The van der Waals surface area contributed by atoms with E-state index in [-0.39, 0.29) is 12.6 Å². The van der Waals surface area contributed by atoms with E-state index in [1.807, 2.05) is 24.3 Å². The number of carbonyl (C=O) groups excluding carboxylic acids is 1. The van der Waals surface area contributed by atoms with Gasteiger partial charge in [-0.05, 0) is 54.4 Å². The zero-order valence-corrected chi connectivity index (χ0v) is 21.7. The van der Waals surface area contributed by atoms with Crippen LogP contribution in [0.5, 0.6) is 0 Å². The van der Waals surface area contributed by atoms with Crippen molar-refractivity contribution in [3.8, 4) is 11.1 Å². The molecule has 0 radical (unpaired) electrons. The number of hydrogen-bond acceptors (Lipinski definition) is 5. The fraction of sp³-hybridized carbons (Fsp3) is 0.333. The van der Waals surface area contributed by atoms with Crippen molar-refractivity contribution in [2.24, 2.45) is 0 Å². The van der Waals surface area contributed by atoms with E-state index in [4.69, 9.17) is 0 Å². The minimum absolute atomic E-state index is 0.168. The van der Waals surface area contributed by atoms with Crippen molar-refractivity contribution in [3.63, 3.8) is 0 Å². The number of carbonyl (C=O) groups is 1. The molecule has 1 amide bonds. The quantitative estimate of drug-likeness (QED) is 0.413. The number of likely N-dealkylation sites (N-methyl/N-ethyl adjacent to an activating group) is 1. The maximum atomic E-state index is 13.1. The first kappa shape index (κ1) is 24.6. The van der Waals surface area contributed by atoms with Gasteiger partial charge >= 0.3 is 0 Å². The molecule has 6 rings (SSSR count). The number of hydrogen-bond donors (Lipinski definition) is 1. The van der Waals surface area contributed by atoms with Gasteiger partial charge in [0.1, 0.15) is 12.5 Å². The predicted octanol–water partition coefficient (Wildman–Crippen LogP) is 4.49. The molecule has 8 heteroatoms. The number of nitrogens with one attached hydrogen (secondary N) is 1. The largest absolute Gasteiger partial charge is 0.369 e. The Labute approximate surface area is 222 Å². The summed E-state index contributed by atoms with van der Waals surface area (Å²) >= 11 is 0. The maximum absolute atomic E-state index is 13.1. The monoisotopic (exact) mass is 512 g/mol. The summed E-state index contributed by atoms with van der Waals surface area (Å²) < 4.78 is 15.2. The lowest BCUT2D eigenvalue weighted by Gasteiger charge is -2.34. The molecule has 1 N–H and O–H groups in total. The average molecular weight is 513 g/mol. The van der Waals surface area contributed by atoms with Crippen LogP contribution < -0.4 is 10.2 Å². The Morgan fingerprint density at radius 3 is 2.68 bits per heavy atom. The molecule has 2 aromatic heterocycles. The molecule has 1 saturated heterocycles. The van der Waals surface area contributed by atoms with Crippen LogP contribution in [0.2, 0.25) is 0 Å². The summed E-state index contributed by atoms with van der Waals surface area (Å²) in [6.07, 6.45) is 3.92. The lowest BCUT2D eigenvalue weighted by Crippen LogP contribution is -2.44. The number of halogens is 1. The fourth-order valence-electron chi connectivity index (χ4n) is 5.48. The van der Waals surface area contributed by atoms with Gasteiger partial charge in [-0.25, -0.2) is 9.37 Å². The van der Waals surface area contributed by atoms with E-state index in [1.165, 1.54) is 11.3 Å². The molecular formula is C30H33FN6O. The van der Waals surface area contributed by atoms with Gasteiger partial charge < -0.3 is 19.7 Å². The standard InChI is InChI=1S/C30H33FN6O/c1-34-11-14-36(15-12-34)26-4-2-3-23(18-26)30(38)33-29-19-25-17-22(5-6-24(25)20-32-29)27-7-9-37-16-13-35(10-8-31)21-28(27)37/h2-7,9,17-20H,8,10-16,21H2,1H3,(H,32,33,38). The highest BCUT2D eigenvalue weighted by Crippen LogP contribution is 2.31. The first-order chi connectivity index (χ1) is 18.6. The Balaban J connectivity index is 1.22. The van der Waals surface area contributed by atoms with E-state index in [1.54, 1.807) is 6.20 Å². The number of fused-ring (bicyclic) bond motifs is 2. The van der Waals surface area contributed by atoms with Gasteiger partial charge in [0, 0.05) is 92.6 Å². The van der Waals surface area contributed by atoms with E-state index in [0.29, 0.717) is 17.9 Å². The molecule has 1 fully saturated rings. The highest BCUT2D eigenvalue weighted by atomic mass is 19.1. The second-order valence-electron chi connectivity index (χ2n) is 10.3. The Bertz CT molecular complexity index is 1460. The van der Waals surface area contributed by atoms with E-state index < -0.39 is 0 Å². The molecule has 4 heterocycles. The number of rotatable bonds is 6. The minimum atomic E-state index is -0.326. The van der Waals surface area contributed by atoms with Gasteiger partial charge in [0.25, 0.3) is 5.91 Å². The third kappa shape index (κ3) is 5.01. The number of amides is 1. The second kappa shape index (κ2) is 10.6. The molecule has 0 bridgehead atoms. The molecule has 0 unspecified atom stereocenters. The third-order valence-electron chi connectivity index (χ3n) is 7.76. The number of aromatic nitrogens is 2. The van der Waals surface area contributed by atoms with Crippen LogP contribution in [-0.4, -0.2) is 78.2 Å². The van der Waals surface area contributed by atoms with E-state index in [2.05, 4.69) is 73.1 Å². The van der Waals surface area contributed by atoms with Crippen molar-refractivity contribution in [1.82, 2.24) is 19.4 Å². The van der Waals surface area contributed by atoms with E-state index in [9.17, 15) is 9.18 Å². The van der Waals surface area contributed by atoms with Crippen LogP contribution in [0.3, 0.4) is 0 Å². The van der Waals surface area contributed by atoms with Crippen LogP contribution >= 0.6 is 0 Å². The minimum Gasteiger partial charge on any atom is -0.369 e. The summed E-state index contributed by atoms with van der Waals surface area (Å²) in [5, 5.41) is 5.01. The molecule has 0 atom stereocenters. The zero-order valence-electron chi connectivity index (χ0n) is 21.7. The van der Waals surface area contributed by atoms with Crippen LogP contribution in [0, 0.1) is 0 Å². The molecule has 2 aromatic carbocycles. The summed E-state index contributed by atoms with van der Waals surface area (Å²) in [6.45, 7) is 6.57. The number of benzene rings is 2. The Morgan fingerprint density at radius 1 is 0.974 bits per heavy atom. The van der Waals surface area contributed by atoms with Crippen LogP contribution in [0.1, 0.15) is 16.1 Å². The van der Waals surface area contributed by atoms with Gasteiger partial charge in [0.2, 0.25) is 0 Å². The topological polar surface area (TPSA) is 56.6 Å². The summed E-state index contributed by atoms with van der Waals surface area (Å²) in [4.78, 5) is 24.4. The van der Waals surface area contributed by atoms with Crippen LogP contribution in [0.25, 0.3) is 21.9 Å². The molecule has 7 nitrogen and oxygen atoms in total. The molecule has 2 aliphatic rings. The van der Waals surface area contributed by atoms with Crippen molar-refractivity contribution in [2.45, 2.75) is 13.1 Å². The number of nitrogens with zero attached hydrogens (tertiary/aromatic N) is 5. The van der Waals surface area contributed by atoms with Gasteiger partial charge in [0.15, 0.2) is 0 Å². The lowest BCUT2D eigenvalue weighted by atomic mass is 10.0. The third-order valence-corrected chi connectivity index (χ3v) is 7.76. The smallest absolute Gasteiger partial charge is 0.256 e. The molecule has 0 aliphatic carbocycles. The van der Waals surface area contributed by atoms with Crippen LogP contribution in [0.4, 0.5) is 15.9 Å². The molecule has 0 spiro atoms. The average Bonchev–Trinajstić information content (AvgIpc) is 3.37.